The lowest BCUT2D eigenvalue weighted by molar-refractivity contribution is -0.145. The van der Waals surface area contributed by atoms with Gasteiger partial charge in [-0.25, -0.2) is 0 Å². The topological polar surface area (TPSA) is 26.3 Å². The number of esters is 1. The summed E-state index contributed by atoms with van der Waals surface area (Å²) in [7, 11) is -0.709. The van der Waals surface area contributed by atoms with Crippen LogP contribution >= 0.6 is 0 Å². The zero-order valence-electron chi connectivity index (χ0n) is 17.0. The molecule has 4 rings (SSSR count). The summed E-state index contributed by atoms with van der Waals surface area (Å²) in [5, 5.41) is 4.33. The van der Waals surface area contributed by atoms with Crippen LogP contribution in [0.2, 0.25) is 6.04 Å². The smallest absolute Gasteiger partial charge is 0.308 e. The van der Waals surface area contributed by atoms with Gasteiger partial charge in [-0.2, -0.15) is 0 Å². The van der Waals surface area contributed by atoms with Gasteiger partial charge in [-0.15, -0.1) is 0 Å². The van der Waals surface area contributed by atoms with E-state index in [1.807, 2.05) is 0 Å². The highest BCUT2D eigenvalue weighted by Gasteiger charge is 2.43. The lowest BCUT2D eigenvalue weighted by Crippen LogP contribution is -2.67. The molecule has 29 heavy (non-hydrogen) atoms. The van der Waals surface area contributed by atoms with E-state index in [0.717, 1.165) is 25.3 Å². The van der Waals surface area contributed by atoms with Crippen molar-refractivity contribution in [1.29, 1.82) is 0 Å². The van der Waals surface area contributed by atoms with E-state index in [0.29, 0.717) is 5.92 Å². The summed E-state index contributed by atoms with van der Waals surface area (Å²) < 4.78 is 5.04. The Morgan fingerprint density at radius 1 is 0.793 bits per heavy atom. The molecule has 2 nitrogen and oxygen atoms in total. The van der Waals surface area contributed by atoms with Gasteiger partial charge in [0.2, 0.25) is 0 Å². The number of benzene rings is 3. The summed E-state index contributed by atoms with van der Waals surface area (Å²) in [6, 6.07) is 34.2. The second-order valence-corrected chi connectivity index (χ2v) is 12.1. The predicted octanol–water partition coefficient (Wildman–Crippen LogP) is 3.75. The van der Waals surface area contributed by atoms with Crippen molar-refractivity contribution in [2.45, 2.75) is 25.3 Å². The zero-order valence-corrected chi connectivity index (χ0v) is 18.0. The Labute approximate surface area is 174 Å². The molecule has 1 aliphatic rings. The normalized spacial score (nSPS) is 19.1. The van der Waals surface area contributed by atoms with Crippen molar-refractivity contribution in [3.8, 4) is 0 Å². The Kier molecular flexibility index (Phi) is 5.96. The molecule has 3 aromatic carbocycles. The molecule has 0 radical (unpaired) electrons. The predicted molar refractivity (Wildman–Crippen MR) is 122 cm³/mol. The van der Waals surface area contributed by atoms with Crippen LogP contribution in [0.3, 0.4) is 0 Å². The second kappa shape index (κ2) is 8.79. The Morgan fingerprint density at radius 3 is 1.66 bits per heavy atom. The maximum Gasteiger partial charge on any atom is 0.308 e. The molecule has 0 aromatic heterocycles. The summed E-state index contributed by atoms with van der Waals surface area (Å²) in [5.74, 6) is 0.546. The lowest BCUT2D eigenvalue weighted by atomic mass is 10.1. The minimum atomic E-state index is -2.22. The molecule has 1 saturated carbocycles. The summed E-state index contributed by atoms with van der Waals surface area (Å²) in [4.78, 5) is 12.1. The van der Waals surface area contributed by atoms with Crippen LogP contribution in [-0.2, 0) is 9.53 Å². The monoisotopic (exact) mass is 400 g/mol. The second-order valence-electron chi connectivity index (χ2n) is 8.11. The molecule has 2 atom stereocenters. The quantitative estimate of drug-likeness (QED) is 0.358. The van der Waals surface area contributed by atoms with E-state index in [4.69, 9.17) is 4.74 Å². The molecule has 0 aliphatic heterocycles. The molecule has 3 aromatic rings. The third-order valence-electron chi connectivity index (χ3n) is 6.47. The van der Waals surface area contributed by atoms with Gasteiger partial charge < -0.3 is 4.74 Å². The first-order chi connectivity index (χ1) is 14.2. The number of rotatable bonds is 6. The fraction of sp³-hybridized carbons (Fsp3) is 0.269. The van der Waals surface area contributed by atoms with Crippen LogP contribution in [0, 0.1) is 11.8 Å². The minimum absolute atomic E-state index is 0.0427. The standard InChI is InChI=1S/C26H28O2Si/c1-28-26(27)22-18-17-21(19-22)20-29(23-11-5-2-6-12-23,24-13-7-3-8-14-24)25-15-9-4-10-16-25/h2-16,21-22H,17-20H2,1H3/t21-,22-/m1/s1. The van der Waals surface area contributed by atoms with Crippen molar-refractivity contribution in [3.05, 3.63) is 91.0 Å². The molecule has 0 saturated heterocycles. The van der Waals surface area contributed by atoms with Gasteiger partial charge in [0.25, 0.3) is 0 Å². The summed E-state index contributed by atoms with van der Waals surface area (Å²) >= 11 is 0. The first-order valence-electron chi connectivity index (χ1n) is 10.5. The zero-order chi connectivity index (χ0) is 20.1. The third kappa shape index (κ3) is 3.92. The van der Waals surface area contributed by atoms with E-state index in [2.05, 4.69) is 91.0 Å². The van der Waals surface area contributed by atoms with Crippen LogP contribution in [-0.4, -0.2) is 21.2 Å². The molecule has 0 N–H and O–H groups in total. The Morgan fingerprint density at radius 2 is 1.24 bits per heavy atom. The van der Waals surface area contributed by atoms with Crippen LogP contribution in [0.4, 0.5) is 0 Å². The van der Waals surface area contributed by atoms with Crippen LogP contribution in [0.1, 0.15) is 19.3 Å². The van der Waals surface area contributed by atoms with Gasteiger partial charge in [0, 0.05) is 0 Å². The van der Waals surface area contributed by atoms with Gasteiger partial charge in [0.15, 0.2) is 0 Å². The molecule has 0 heterocycles. The maximum atomic E-state index is 12.1. The van der Waals surface area contributed by atoms with Crippen molar-refractivity contribution < 1.29 is 9.53 Å². The van der Waals surface area contributed by atoms with Gasteiger partial charge in [-0.1, -0.05) is 91.0 Å². The molecule has 0 amide bonds. The molecule has 0 unspecified atom stereocenters. The Bertz CT molecular complexity index is 828. The van der Waals surface area contributed by atoms with E-state index >= 15 is 0 Å². The summed E-state index contributed by atoms with van der Waals surface area (Å²) in [6.07, 6.45) is 2.98. The molecule has 3 heteroatoms. The molecular formula is C26H28O2Si. The van der Waals surface area contributed by atoms with E-state index in [1.165, 1.54) is 22.7 Å². The van der Waals surface area contributed by atoms with E-state index in [1.54, 1.807) is 0 Å². The van der Waals surface area contributed by atoms with Gasteiger partial charge in [0.05, 0.1) is 13.0 Å². The molecular weight excluding hydrogens is 372 g/mol. The van der Waals surface area contributed by atoms with Gasteiger partial charge in [-0.05, 0) is 46.8 Å². The van der Waals surface area contributed by atoms with Crippen molar-refractivity contribution in [2.75, 3.05) is 7.11 Å². The lowest BCUT2D eigenvalue weighted by Gasteiger charge is -2.36. The molecule has 0 spiro atoms. The molecule has 148 valence electrons. The first-order valence-corrected chi connectivity index (χ1v) is 12.7. The van der Waals surface area contributed by atoms with E-state index in [9.17, 15) is 4.79 Å². The van der Waals surface area contributed by atoms with Crippen molar-refractivity contribution in [3.63, 3.8) is 0 Å². The van der Waals surface area contributed by atoms with Gasteiger partial charge in [-0.3, -0.25) is 4.79 Å². The number of ether oxygens (including phenoxy) is 1. The summed E-state index contributed by atoms with van der Waals surface area (Å²) in [6.45, 7) is 0. The molecule has 1 fully saturated rings. The molecule has 1 aliphatic carbocycles. The SMILES string of the molecule is COC(=O)[C@@H]1CC[C@@H](C[Si](c2ccccc2)(c2ccccc2)c2ccccc2)C1. The van der Waals surface area contributed by atoms with Crippen LogP contribution in [0.25, 0.3) is 0 Å². The van der Waals surface area contributed by atoms with Crippen molar-refractivity contribution in [1.82, 2.24) is 0 Å². The highest BCUT2D eigenvalue weighted by Crippen LogP contribution is 2.37. The number of carbonyl (C=O) groups is 1. The number of methoxy groups -OCH3 is 1. The van der Waals surface area contributed by atoms with E-state index in [-0.39, 0.29) is 11.9 Å². The fourth-order valence-corrected chi connectivity index (χ4v) is 10.3. The fourth-order valence-electron chi connectivity index (χ4n) is 5.10. The number of hydrogen-bond donors (Lipinski definition) is 0. The highest BCUT2D eigenvalue weighted by molar-refractivity contribution is 7.11. The third-order valence-corrected chi connectivity index (χ3v) is 11.6. The Balaban J connectivity index is 1.82. The number of hydrogen-bond acceptors (Lipinski definition) is 2. The average Bonchev–Trinajstić information content (AvgIpc) is 3.27. The first kappa shape index (κ1) is 19.7. The van der Waals surface area contributed by atoms with Crippen molar-refractivity contribution >= 4 is 29.6 Å². The van der Waals surface area contributed by atoms with Crippen LogP contribution < -0.4 is 15.6 Å². The largest absolute Gasteiger partial charge is 0.469 e. The molecule has 0 bridgehead atoms. The van der Waals surface area contributed by atoms with Crippen LogP contribution in [0.5, 0.6) is 0 Å². The maximum absolute atomic E-state index is 12.1. The summed E-state index contributed by atoms with van der Waals surface area (Å²) in [5.41, 5.74) is 0. The average molecular weight is 401 g/mol. The Hall–Kier alpha value is -2.65. The number of carbonyl (C=O) groups excluding carboxylic acids is 1. The van der Waals surface area contributed by atoms with E-state index < -0.39 is 8.07 Å². The minimum Gasteiger partial charge on any atom is -0.469 e. The van der Waals surface area contributed by atoms with Crippen molar-refractivity contribution in [2.24, 2.45) is 11.8 Å². The van der Waals surface area contributed by atoms with Crippen LogP contribution in [0.15, 0.2) is 91.0 Å². The van der Waals surface area contributed by atoms with Gasteiger partial charge >= 0.3 is 5.97 Å². The van der Waals surface area contributed by atoms with Gasteiger partial charge in [0.1, 0.15) is 8.07 Å². The highest BCUT2D eigenvalue weighted by atomic mass is 28.3.